The predicted octanol–water partition coefficient (Wildman–Crippen LogP) is 5.78. The Morgan fingerprint density at radius 2 is 1.70 bits per heavy atom. The molecule has 1 nitrogen and oxygen atoms in total. The summed E-state index contributed by atoms with van der Waals surface area (Å²) in [6, 6.07) is 13.7. The van der Waals surface area contributed by atoms with E-state index in [4.69, 9.17) is 0 Å². The van der Waals surface area contributed by atoms with E-state index in [1.54, 1.807) is 0 Å². The summed E-state index contributed by atoms with van der Waals surface area (Å²) in [7, 11) is 0. The van der Waals surface area contributed by atoms with Gasteiger partial charge in [0.15, 0.2) is 0 Å². The highest BCUT2D eigenvalue weighted by Crippen LogP contribution is 2.28. The highest BCUT2D eigenvalue weighted by atomic mass is 32.1. The van der Waals surface area contributed by atoms with E-state index in [1.807, 2.05) is 11.3 Å². The Balaban J connectivity index is 2.06. The smallest absolute Gasteiger partial charge is 0.0578 e. The third-order valence-electron chi connectivity index (χ3n) is 3.59. The summed E-state index contributed by atoms with van der Waals surface area (Å²) in [6.45, 7) is 11.2. The van der Waals surface area contributed by atoms with Crippen LogP contribution in [0.3, 0.4) is 0 Å². The molecule has 0 aliphatic carbocycles. The predicted molar refractivity (Wildman–Crippen MR) is 90.9 cm³/mol. The number of aryl methyl sites for hydroxylation is 1. The molecule has 2 rings (SSSR count). The van der Waals surface area contributed by atoms with Crippen LogP contribution in [-0.2, 0) is 11.8 Å². The van der Waals surface area contributed by atoms with Crippen molar-refractivity contribution in [3.8, 4) is 0 Å². The minimum absolute atomic E-state index is 0.216. The number of thiophene rings is 1. The Morgan fingerprint density at radius 1 is 1.05 bits per heavy atom. The van der Waals surface area contributed by atoms with Gasteiger partial charge in [-0.15, -0.1) is 11.3 Å². The van der Waals surface area contributed by atoms with Gasteiger partial charge in [0.25, 0.3) is 0 Å². The lowest BCUT2D eigenvalue weighted by Gasteiger charge is -2.20. The lowest BCUT2D eigenvalue weighted by atomic mass is 9.87. The van der Waals surface area contributed by atoms with E-state index in [-0.39, 0.29) is 5.41 Å². The second-order valence-corrected chi connectivity index (χ2v) is 7.55. The minimum atomic E-state index is 0.216. The molecular formula is C18H25NS. The fourth-order valence-electron chi connectivity index (χ4n) is 2.20. The molecule has 1 N–H and O–H groups in total. The van der Waals surface area contributed by atoms with Crippen LogP contribution < -0.4 is 5.32 Å². The van der Waals surface area contributed by atoms with E-state index in [0.29, 0.717) is 6.04 Å². The number of benzene rings is 1. The van der Waals surface area contributed by atoms with Crippen molar-refractivity contribution in [1.82, 2.24) is 0 Å². The van der Waals surface area contributed by atoms with Crippen LogP contribution in [0.2, 0.25) is 0 Å². The summed E-state index contributed by atoms with van der Waals surface area (Å²) in [5, 5.41) is 3.58. The normalized spacial score (nSPS) is 13.2. The van der Waals surface area contributed by atoms with Crippen LogP contribution in [-0.4, -0.2) is 0 Å². The standard InChI is InChI=1S/C18H25NS/c1-6-16-11-12-17(20-16)13(2)19-15-9-7-14(8-10-15)18(3,4)5/h7-13,19H,6H2,1-5H3. The second kappa shape index (κ2) is 6.01. The number of rotatable bonds is 4. The molecule has 108 valence electrons. The van der Waals surface area contributed by atoms with Crippen LogP contribution in [0.1, 0.15) is 56.0 Å². The van der Waals surface area contributed by atoms with Gasteiger partial charge >= 0.3 is 0 Å². The van der Waals surface area contributed by atoms with Gasteiger partial charge in [-0.2, -0.15) is 0 Å². The van der Waals surface area contributed by atoms with Gasteiger partial charge in [0.1, 0.15) is 0 Å². The van der Waals surface area contributed by atoms with Crippen LogP contribution >= 0.6 is 11.3 Å². The highest BCUT2D eigenvalue weighted by molar-refractivity contribution is 7.12. The van der Waals surface area contributed by atoms with Gasteiger partial charge in [-0.05, 0) is 48.6 Å². The third-order valence-corrected chi connectivity index (χ3v) is 5.00. The molecule has 0 spiro atoms. The Hall–Kier alpha value is -1.28. The molecule has 0 radical (unpaired) electrons. The number of hydrogen-bond donors (Lipinski definition) is 1. The largest absolute Gasteiger partial charge is 0.378 e. The van der Waals surface area contributed by atoms with E-state index in [1.165, 1.54) is 21.0 Å². The second-order valence-electron chi connectivity index (χ2n) is 6.35. The number of nitrogens with one attached hydrogen (secondary N) is 1. The van der Waals surface area contributed by atoms with Crippen LogP contribution in [0.15, 0.2) is 36.4 Å². The van der Waals surface area contributed by atoms with E-state index >= 15 is 0 Å². The van der Waals surface area contributed by atoms with Crippen LogP contribution in [0.4, 0.5) is 5.69 Å². The molecule has 0 bridgehead atoms. The first-order chi connectivity index (χ1) is 9.40. The third kappa shape index (κ3) is 3.63. The molecule has 1 unspecified atom stereocenters. The molecule has 1 aromatic heterocycles. The molecule has 0 saturated carbocycles. The quantitative estimate of drug-likeness (QED) is 0.751. The molecule has 2 aromatic rings. The first-order valence-corrected chi connectivity index (χ1v) is 8.17. The van der Waals surface area contributed by atoms with Crippen LogP contribution in [0.25, 0.3) is 0 Å². The zero-order chi connectivity index (χ0) is 14.8. The summed E-state index contributed by atoms with van der Waals surface area (Å²) >= 11 is 1.91. The monoisotopic (exact) mass is 287 g/mol. The molecule has 1 atom stereocenters. The Labute approximate surface area is 127 Å². The van der Waals surface area contributed by atoms with Crippen molar-refractivity contribution in [2.45, 2.75) is 52.5 Å². The lowest BCUT2D eigenvalue weighted by molar-refractivity contribution is 0.590. The zero-order valence-corrected chi connectivity index (χ0v) is 14.0. The molecule has 1 aromatic carbocycles. The van der Waals surface area contributed by atoms with Gasteiger partial charge in [-0.3, -0.25) is 0 Å². The highest BCUT2D eigenvalue weighted by Gasteiger charge is 2.13. The van der Waals surface area contributed by atoms with Gasteiger partial charge in [0, 0.05) is 15.4 Å². The summed E-state index contributed by atoms with van der Waals surface area (Å²) in [5.41, 5.74) is 2.78. The Kier molecular flexibility index (Phi) is 4.54. The van der Waals surface area contributed by atoms with E-state index in [9.17, 15) is 0 Å². The molecular weight excluding hydrogens is 262 g/mol. The van der Waals surface area contributed by atoms with Crippen molar-refractivity contribution in [2.24, 2.45) is 0 Å². The summed E-state index contributed by atoms with van der Waals surface area (Å²) in [6.07, 6.45) is 1.12. The number of hydrogen-bond acceptors (Lipinski definition) is 2. The first-order valence-electron chi connectivity index (χ1n) is 7.36. The maximum absolute atomic E-state index is 3.58. The summed E-state index contributed by atoms with van der Waals surface area (Å²) in [4.78, 5) is 2.86. The molecule has 2 heteroatoms. The van der Waals surface area contributed by atoms with Crippen LogP contribution in [0, 0.1) is 0 Å². The lowest BCUT2D eigenvalue weighted by Crippen LogP contribution is -2.11. The van der Waals surface area contributed by atoms with Crippen LogP contribution in [0.5, 0.6) is 0 Å². The average Bonchev–Trinajstić information content (AvgIpc) is 2.87. The first kappa shape index (κ1) is 15.1. The van der Waals surface area contributed by atoms with Gasteiger partial charge in [-0.1, -0.05) is 39.8 Å². The van der Waals surface area contributed by atoms with E-state index < -0.39 is 0 Å². The minimum Gasteiger partial charge on any atom is -0.378 e. The molecule has 20 heavy (non-hydrogen) atoms. The number of anilines is 1. The maximum Gasteiger partial charge on any atom is 0.0578 e. The van der Waals surface area contributed by atoms with Crippen molar-refractivity contribution < 1.29 is 0 Å². The topological polar surface area (TPSA) is 12.0 Å². The average molecular weight is 287 g/mol. The SMILES string of the molecule is CCc1ccc(C(C)Nc2ccc(C(C)(C)C)cc2)s1. The fourth-order valence-corrected chi connectivity index (χ4v) is 3.16. The Bertz CT molecular complexity index is 546. The summed E-state index contributed by atoms with van der Waals surface area (Å²) in [5.74, 6) is 0. The Morgan fingerprint density at radius 3 is 2.20 bits per heavy atom. The van der Waals surface area contributed by atoms with Crippen molar-refractivity contribution >= 4 is 17.0 Å². The van der Waals surface area contributed by atoms with Crippen molar-refractivity contribution in [3.63, 3.8) is 0 Å². The molecule has 0 fully saturated rings. The van der Waals surface area contributed by atoms with Gasteiger partial charge in [0.2, 0.25) is 0 Å². The molecule has 1 heterocycles. The van der Waals surface area contributed by atoms with Gasteiger partial charge in [-0.25, -0.2) is 0 Å². The fraction of sp³-hybridized carbons (Fsp3) is 0.444. The zero-order valence-electron chi connectivity index (χ0n) is 13.2. The van der Waals surface area contributed by atoms with Gasteiger partial charge in [0.05, 0.1) is 6.04 Å². The van der Waals surface area contributed by atoms with Gasteiger partial charge < -0.3 is 5.32 Å². The molecule has 0 aliphatic heterocycles. The molecule has 0 saturated heterocycles. The van der Waals surface area contributed by atoms with Crippen molar-refractivity contribution in [3.05, 3.63) is 51.7 Å². The molecule has 0 amide bonds. The maximum atomic E-state index is 3.58. The van der Waals surface area contributed by atoms with E-state index in [2.05, 4.69) is 76.3 Å². The van der Waals surface area contributed by atoms with E-state index in [0.717, 1.165) is 6.42 Å². The van der Waals surface area contributed by atoms with Crippen molar-refractivity contribution in [1.29, 1.82) is 0 Å². The van der Waals surface area contributed by atoms with Crippen molar-refractivity contribution in [2.75, 3.05) is 5.32 Å². The molecule has 0 aliphatic rings. The summed E-state index contributed by atoms with van der Waals surface area (Å²) < 4.78 is 0.